The van der Waals surface area contributed by atoms with Gasteiger partial charge >= 0.3 is 0 Å². The molecule has 0 bridgehead atoms. The maximum Gasteiger partial charge on any atom is 0.174 e. The Bertz CT molecular complexity index is 300. The first-order valence-electron chi connectivity index (χ1n) is 4.59. The molecule has 0 heterocycles. The lowest BCUT2D eigenvalue weighted by atomic mass is 10.3. The summed E-state index contributed by atoms with van der Waals surface area (Å²) in [4.78, 5) is 0. The van der Waals surface area contributed by atoms with Gasteiger partial charge in [0.25, 0.3) is 0 Å². The quantitative estimate of drug-likeness (QED) is 0.717. The van der Waals surface area contributed by atoms with Gasteiger partial charge < -0.3 is 9.47 Å². The Kier molecular flexibility index (Phi) is 4.36. The zero-order chi connectivity index (χ0) is 10.2. The van der Waals surface area contributed by atoms with Crippen LogP contribution in [0.25, 0.3) is 0 Å². The van der Waals surface area contributed by atoms with Gasteiger partial charge in [0, 0.05) is 0 Å². The molecule has 3 nitrogen and oxygen atoms in total. The molecule has 0 atom stereocenters. The highest BCUT2D eigenvalue weighted by molar-refractivity contribution is 5.31. The minimum Gasteiger partial charge on any atom is -0.494 e. The normalized spacial score (nSPS) is 9.14. The first kappa shape index (κ1) is 10.4. The molecule has 0 spiro atoms. The molecule has 1 aromatic carbocycles. The summed E-state index contributed by atoms with van der Waals surface area (Å²) in [6.45, 7) is 2.86. The summed E-state index contributed by atoms with van der Waals surface area (Å²) < 4.78 is 10.5. The SMILES string of the molecule is CCCOc1ccc(OCC#N)cc1. The zero-order valence-electron chi connectivity index (χ0n) is 8.19. The van der Waals surface area contributed by atoms with Gasteiger partial charge in [-0.1, -0.05) is 6.92 Å². The number of nitriles is 1. The average molecular weight is 191 g/mol. The summed E-state index contributed by atoms with van der Waals surface area (Å²) in [5.74, 6) is 1.52. The van der Waals surface area contributed by atoms with E-state index in [1.54, 1.807) is 12.1 Å². The third kappa shape index (κ3) is 3.36. The van der Waals surface area contributed by atoms with Crippen molar-refractivity contribution in [3.8, 4) is 17.6 Å². The molecule has 0 N–H and O–H groups in total. The van der Waals surface area contributed by atoms with Crippen LogP contribution in [-0.2, 0) is 0 Å². The van der Waals surface area contributed by atoms with Crippen LogP contribution in [0.1, 0.15) is 13.3 Å². The van der Waals surface area contributed by atoms with Gasteiger partial charge in [-0.3, -0.25) is 0 Å². The predicted octanol–water partition coefficient (Wildman–Crippen LogP) is 2.38. The molecule has 0 aromatic heterocycles. The number of ether oxygens (including phenoxy) is 2. The van der Waals surface area contributed by atoms with Crippen LogP contribution in [0, 0.1) is 11.3 Å². The van der Waals surface area contributed by atoms with E-state index >= 15 is 0 Å². The first-order valence-corrected chi connectivity index (χ1v) is 4.59. The van der Waals surface area contributed by atoms with Gasteiger partial charge in [-0.05, 0) is 30.7 Å². The van der Waals surface area contributed by atoms with Crippen molar-refractivity contribution in [2.75, 3.05) is 13.2 Å². The zero-order valence-corrected chi connectivity index (χ0v) is 8.19. The van der Waals surface area contributed by atoms with E-state index in [2.05, 4.69) is 6.92 Å². The Hall–Kier alpha value is -1.69. The van der Waals surface area contributed by atoms with Crippen LogP contribution < -0.4 is 9.47 Å². The molecule has 0 fully saturated rings. The standard InChI is InChI=1S/C11H13NO2/c1-2-8-13-10-3-5-11(6-4-10)14-9-7-12/h3-6H,2,8-9H2,1H3. The van der Waals surface area contributed by atoms with E-state index in [1.807, 2.05) is 18.2 Å². The average Bonchev–Trinajstić information content (AvgIpc) is 2.25. The summed E-state index contributed by atoms with van der Waals surface area (Å²) in [7, 11) is 0. The molecule has 0 aliphatic rings. The molecular weight excluding hydrogens is 178 g/mol. The van der Waals surface area contributed by atoms with Gasteiger partial charge in [0.15, 0.2) is 6.61 Å². The number of hydrogen-bond donors (Lipinski definition) is 0. The van der Waals surface area contributed by atoms with Gasteiger partial charge in [0.05, 0.1) is 6.61 Å². The molecule has 1 aromatic rings. The van der Waals surface area contributed by atoms with Crippen molar-refractivity contribution in [1.82, 2.24) is 0 Å². The topological polar surface area (TPSA) is 42.2 Å². The molecule has 0 saturated carbocycles. The molecule has 0 radical (unpaired) electrons. The van der Waals surface area contributed by atoms with Gasteiger partial charge in [0.2, 0.25) is 0 Å². The maximum atomic E-state index is 8.30. The van der Waals surface area contributed by atoms with Crippen molar-refractivity contribution in [3.05, 3.63) is 24.3 Å². The maximum absolute atomic E-state index is 8.30. The molecular formula is C11H13NO2. The molecule has 14 heavy (non-hydrogen) atoms. The smallest absolute Gasteiger partial charge is 0.174 e. The van der Waals surface area contributed by atoms with Crippen molar-refractivity contribution in [2.24, 2.45) is 0 Å². The van der Waals surface area contributed by atoms with Crippen molar-refractivity contribution in [2.45, 2.75) is 13.3 Å². The van der Waals surface area contributed by atoms with E-state index in [0.29, 0.717) is 5.75 Å². The summed E-state index contributed by atoms with van der Waals surface area (Å²) in [6.07, 6.45) is 0.993. The monoisotopic (exact) mass is 191 g/mol. The molecule has 0 saturated heterocycles. The summed E-state index contributed by atoms with van der Waals surface area (Å²) >= 11 is 0. The largest absolute Gasteiger partial charge is 0.494 e. The second kappa shape index (κ2) is 5.87. The number of rotatable bonds is 5. The molecule has 3 heteroatoms. The van der Waals surface area contributed by atoms with E-state index in [0.717, 1.165) is 18.8 Å². The third-order valence-electron chi connectivity index (χ3n) is 1.60. The minimum absolute atomic E-state index is 0.0785. The lowest BCUT2D eigenvalue weighted by Gasteiger charge is -2.05. The number of nitrogens with zero attached hydrogens (tertiary/aromatic N) is 1. The van der Waals surface area contributed by atoms with E-state index < -0.39 is 0 Å². The fourth-order valence-corrected chi connectivity index (χ4v) is 0.968. The highest BCUT2D eigenvalue weighted by Crippen LogP contribution is 2.17. The van der Waals surface area contributed by atoms with E-state index in [4.69, 9.17) is 14.7 Å². The highest BCUT2D eigenvalue weighted by atomic mass is 16.5. The number of hydrogen-bond acceptors (Lipinski definition) is 3. The second-order valence-corrected chi connectivity index (χ2v) is 2.77. The van der Waals surface area contributed by atoms with Crippen molar-refractivity contribution in [3.63, 3.8) is 0 Å². The highest BCUT2D eigenvalue weighted by Gasteiger charge is 1.94. The Balaban J connectivity index is 2.47. The molecule has 0 aliphatic heterocycles. The van der Waals surface area contributed by atoms with Crippen LogP contribution in [0.4, 0.5) is 0 Å². The van der Waals surface area contributed by atoms with Crippen LogP contribution >= 0.6 is 0 Å². The van der Waals surface area contributed by atoms with Crippen molar-refractivity contribution >= 4 is 0 Å². The molecule has 74 valence electrons. The molecule has 1 rings (SSSR count). The van der Waals surface area contributed by atoms with E-state index in [9.17, 15) is 0 Å². The summed E-state index contributed by atoms with van der Waals surface area (Å²) in [5, 5.41) is 8.30. The minimum atomic E-state index is 0.0785. The Morgan fingerprint density at radius 3 is 2.21 bits per heavy atom. The molecule has 0 aliphatic carbocycles. The summed E-state index contributed by atoms with van der Waals surface area (Å²) in [5.41, 5.74) is 0. The Labute approximate surface area is 83.9 Å². The van der Waals surface area contributed by atoms with Crippen LogP contribution in [0.3, 0.4) is 0 Å². The summed E-state index contributed by atoms with van der Waals surface area (Å²) in [6, 6.07) is 9.17. The van der Waals surface area contributed by atoms with Crippen LogP contribution in [0.5, 0.6) is 11.5 Å². The van der Waals surface area contributed by atoms with Crippen LogP contribution in [0.15, 0.2) is 24.3 Å². The van der Waals surface area contributed by atoms with Crippen molar-refractivity contribution in [1.29, 1.82) is 5.26 Å². The van der Waals surface area contributed by atoms with Crippen molar-refractivity contribution < 1.29 is 9.47 Å². The van der Waals surface area contributed by atoms with E-state index in [-0.39, 0.29) is 6.61 Å². The van der Waals surface area contributed by atoms with Gasteiger partial charge in [0.1, 0.15) is 17.6 Å². The fourth-order valence-electron chi connectivity index (χ4n) is 0.968. The predicted molar refractivity (Wildman–Crippen MR) is 53.3 cm³/mol. The molecule has 0 amide bonds. The van der Waals surface area contributed by atoms with Gasteiger partial charge in [-0.25, -0.2) is 0 Å². The fraction of sp³-hybridized carbons (Fsp3) is 0.364. The lowest BCUT2D eigenvalue weighted by Crippen LogP contribution is -1.96. The lowest BCUT2D eigenvalue weighted by molar-refractivity contribution is 0.316. The Morgan fingerprint density at radius 2 is 1.71 bits per heavy atom. The first-order chi connectivity index (χ1) is 6.86. The second-order valence-electron chi connectivity index (χ2n) is 2.77. The Morgan fingerprint density at radius 1 is 1.14 bits per heavy atom. The van der Waals surface area contributed by atoms with E-state index in [1.165, 1.54) is 0 Å². The third-order valence-corrected chi connectivity index (χ3v) is 1.60. The van der Waals surface area contributed by atoms with Gasteiger partial charge in [-0.15, -0.1) is 0 Å². The van der Waals surface area contributed by atoms with Gasteiger partial charge in [-0.2, -0.15) is 5.26 Å². The number of benzene rings is 1. The van der Waals surface area contributed by atoms with Crippen LogP contribution in [0.2, 0.25) is 0 Å². The molecule has 0 unspecified atom stereocenters. The van der Waals surface area contributed by atoms with Crippen LogP contribution in [-0.4, -0.2) is 13.2 Å².